The van der Waals surface area contributed by atoms with Crippen LogP contribution in [-0.4, -0.2) is 12.1 Å². The second-order valence-electron chi connectivity index (χ2n) is 12.3. The van der Waals surface area contributed by atoms with Gasteiger partial charge in [-0.1, -0.05) is 53.9 Å². The average molecular weight is 403 g/mol. The van der Waals surface area contributed by atoms with E-state index >= 15 is 0 Å². The van der Waals surface area contributed by atoms with Gasteiger partial charge in [0.15, 0.2) is 0 Å². The van der Waals surface area contributed by atoms with Crippen LogP contribution in [0.1, 0.15) is 106 Å². The van der Waals surface area contributed by atoms with Crippen molar-refractivity contribution in [1.29, 1.82) is 0 Å². The third-order valence-electron chi connectivity index (χ3n) is 10.7. The molecule has 4 saturated carbocycles. The fourth-order valence-electron chi connectivity index (χ4n) is 9.38. The number of rotatable bonds is 4. The molecule has 4 aliphatic carbocycles. The van der Waals surface area contributed by atoms with Crippen LogP contribution in [0.15, 0.2) is 0 Å². The van der Waals surface area contributed by atoms with E-state index in [-0.39, 0.29) is 12.1 Å². The van der Waals surface area contributed by atoms with Gasteiger partial charge >= 0.3 is 5.97 Å². The largest absolute Gasteiger partial charge is 0.462 e. The van der Waals surface area contributed by atoms with Crippen LogP contribution in [-0.2, 0) is 9.53 Å². The van der Waals surface area contributed by atoms with Crippen molar-refractivity contribution in [2.75, 3.05) is 0 Å². The number of esters is 1. The molecule has 0 spiro atoms. The summed E-state index contributed by atoms with van der Waals surface area (Å²) in [6.07, 6.45) is 13.6. The molecule has 0 heterocycles. The van der Waals surface area contributed by atoms with E-state index < -0.39 is 0 Å². The third-order valence-corrected chi connectivity index (χ3v) is 10.7. The summed E-state index contributed by atoms with van der Waals surface area (Å²) in [5.41, 5.74) is 0.932. The maximum absolute atomic E-state index is 12.1. The molecule has 0 radical (unpaired) electrons. The minimum absolute atomic E-state index is 0.0533. The summed E-state index contributed by atoms with van der Waals surface area (Å²) in [5, 5.41) is 0. The zero-order valence-corrected chi connectivity index (χ0v) is 20.0. The van der Waals surface area contributed by atoms with Gasteiger partial charge in [0.25, 0.3) is 0 Å². The van der Waals surface area contributed by atoms with E-state index in [0.717, 1.165) is 41.9 Å². The molecule has 29 heavy (non-hydrogen) atoms. The fourth-order valence-corrected chi connectivity index (χ4v) is 9.38. The predicted octanol–water partition coefficient (Wildman–Crippen LogP) is 7.26. The molecular formula is C27H46O2. The van der Waals surface area contributed by atoms with Gasteiger partial charge in [-0.05, 0) is 91.3 Å². The lowest BCUT2D eigenvalue weighted by atomic mass is 9.43. The van der Waals surface area contributed by atoms with E-state index in [0.29, 0.717) is 16.7 Å². The van der Waals surface area contributed by atoms with Crippen LogP contribution in [0.2, 0.25) is 0 Å². The highest BCUT2D eigenvalue weighted by atomic mass is 16.5. The van der Waals surface area contributed by atoms with E-state index in [1.165, 1.54) is 57.8 Å². The van der Waals surface area contributed by atoms with E-state index in [9.17, 15) is 4.79 Å². The monoisotopic (exact) mass is 402 g/mol. The Labute approximate surface area is 179 Å². The van der Waals surface area contributed by atoms with E-state index in [4.69, 9.17) is 4.74 Å². The maximum atomic E-state index is 12.1. The van der Waals surface area contributed by atoms with Gasteiger partial charge in [-0.25, -0.2) is 0 Å². The van der Waals surface area contributed by atoms with Crippen LogP contribution in [0, 0.1) is 52.3 Å². The van der Waals surface area contributed by atoms with Gasteiger partial charge in [-0.3, -0.25) is 4.79 Å². The van der Waals surface area contributed by atoms with Crippen molar-refractivity contribution in [1.82, 2.24) is 0 Å². The van der Waals surface area contributed by atoms with Crippen LogP contribution < -0.4 is 0 Å². The Morgan fingerprint density at radius 2 is 1.72 bits per heavy atom. The Balaban J connectivity index is 1.66. The summed E-state index contributed by atoms with van der Waals surface area (Å²) in [5.74, 6) is 5.35. The molecule has 3 unspecified atom stereocenters. The molecule has 0 aliphatic heterocycles. The highest BCUT2D eigenvalue weighted by Crippen LogP contribution is 2.69. The van der Waals surface area contributed by atoms with Gasteiger partial charge in [0.1, 0.15) is 6.10 Å². The maximum Gasteiger partial charge on any atom is 0.302 e. The summed E-state index contributed by atoms with van der Waals surface area (Å²) in [4.78, 5) is 12.1. The number of hydrogen-bond acceptors (Lipinski definition) is 2. The molecule has 0 aromatic heterocycles. The molecule has 4 aliphatic rings. The SMILES string of the molecule is CCC[C@@H](C)[C@H]1CCC2C3C(CC[C@@]21C)[C@@]1(C)CC[C@@H](C)C[C@H]1C[C@H]3OC(C)=O. The summed E-state index contributed by atoms with van der Waals surface area (Å²) in [7, 11) is 0. The van der Waals surface area contributed by atoms with Crippen molar-refractivity contribution in [2.24, 2.45) is 52.3 Å². The van der Waals surface area contributed by atoms with Crippen LogP contribution in [0.4, 0.5) is 0 Å². The highest BCUT2D eigenvalue weighted by Gasteiger charge is 2.63. The fraction of sp³-hybridized carbons (Fsp3) is 0.963. The molecule has 10 atom stereocenters. The molecule has 0 aromatic carbocycles. The molecule has 4 rings (SSSR count). The summed E-state index contributed by atoms with van der Waals surface area (Å²) in [6.45, 7) is 14.2. The lowest BCUT2D eigenvalue weighted by molar-refractivity contribution is -0.191. The standard InChI is InChI=1S/C27H46O2/c1-7-8-18(3)21-9-10-22-25-23(12-14-27(21,22)6)26(5)13-11-17(2)15-20(26)16-24(25)29-19(4)28/h17-18,20-25H,7-16H2,1-6H3/t17-,18-,20+,21-,22?,23?,24-,25?,26+,27-/m1/s1. The quantitative estimate of drug-likeness (QED) is 0.463. The summed E-state index contributed by atoms with van der Waals surface area (Å²) in [6, 6.07) is 0. The van der Waals surface area contributed by atoms with Crippen LogP contribution in [0.25, 0.3) is 0 Å². The van der Waals surface area contributed by atoms with Crippen molar-refractivity contribution in [3.05, 3.63) is 0 Å². The van der Waals surface area contributed by atoms with Crippen LogP contribution >= 0.6 is 0 Å². The zero-order valence-electron chi connectivity index (χ0n) is 20.0. The molecule has 4 fully saturated rings. The lowest BCUT2D eigenvalue weighted by Gasteiger charge is -2.63. The van der Waals surface area contributed by atoms with Gasteiger partial charge < -0.3 is 4.74 Å². The molecule has 166 valence electrons. The molecule has 0 amide bonds. The minimum Gasteiger partial charge on any atom is -0.462 e. The smallest absolute Gasteiger partial charge is 0.302 e. The molecule has 0 bridgehead atoms. The van der Waals surface area contributed by atoms with Crippen molar-refractivity contribution < 1.29 is 9.53 Å². The first-order valence-electron chi connectivity index (χ1n) is 12.9. The first-order valence-corrected chi connectivity index (χ1v) is 12.9. The van der Waals surface area contributed by atoms with Crippen LogP contribution in [0.5, 0.6) is 0 Å². The number of fused-ring (bicyclic) bond motifs is 5. The predicted molar refractivity (Wildman–Crippen MR) is 119 cm³/mol. The topological polar surface area (TPSA) is 26.3 Å². The molecule has 2 nitrogen and oxygen atoms in total. The van der Waals surface area contributed by atoms with Crippen molar-refractivity contribution >= 4 is 5.97 Å². The molecule has 0 N–H and O–H groups in total. The van der Waals surface area contributed by atoms with Crippen molar-refractivity contribution in [3.8, 4) is 0 Å². The Bertz CT molecular complexity index is 614. The molecule has 0 aromatic rings. The van der Waals surface area contributed by atoms with Gasteiger partial charge in [0.05, 0.1) is 0 Å². The minimum atomic E-state index is -0.0533. The Kier molecular flexibility index (Phi) is 5.88. The molecule has 0 saturated heterocycles. The number of ether oxygens (including phenoxy) is 1. The zero-order chi connectivity index (χ0) is 21.0. The first kappa shape index (κ1) is 21.7. The van der Waals surface area contributed by atoms with Gasteiger partial charge in [-0.2, -0.15) is 0 Å². The normalized spacial score (nSPS) is 50.2. The number of carbonyl (C=O) groups is 1. The Morgan fingerprint density at radius 1 is 1.03 bits per heavy atom. The van der Waals surface area contributed by atoms with Crippen molar-refractivity contribution in [3.63, 3.8) is 0 Å². The van der Waals surface area contributed by atoms with E-state index in [1.807, 2.05) is 0 Å². The van der Waals surface area contributed by atoms with Gasteiger partial charge in [-0.15, -0.1) is 0 Å². The third kappa shape index (κ3) is 3.49. The van der Waals surface area contributed by atoms with Crippen LogP contribution in [0.3, 0.4) is 0 Å². The number of hydrogen-bond donors (Lipinski definition) is 0. The second-order valence-corrected chi connectivity index (χ2v) is 12.3. The van der Waals surface area contributed by atoms with E-state index in [1.54, 1.807) is 6.92 Å². The number of carbonyl (C=O) groups excluding carboxylic acids is 1. The Morgan fingerprint density at radius 3 is 2.41 bits per heavy atom. The average Bonchev–Trinajstić information content (AvgIpc) is 3.00. The van der Waals surface area contributed by atoms with E-state index in [2.05, 4.69) is 34.6 Å². The highest BCUT2D eigenvalue weighted by molar-refractivity contribution is 5.66. The summed E-state index contributed by atoms with van der Waals surface area (Å²) < 4.78 is 6.15. The Hall–Kier alpha value is -0.530. The molecule has 2 heteroatoms. The summed E-state index contributed by atoms with van der Waals surface area (Å²) >= 11 is 0. The van der Waals surface area contributed by atoms with Gasteiger partial charge in [0.2, 0.25) is 0 Å². The van der Waals surface area contributed by atoms with Crippen molar-refractivity contribution in [2.45, 2.75) is 112 Å². The molecular weight excluding hydrogens is 356 g/mol. The first-order chi connectivity index (χ1) is 13.7. The lowest BCUT2D eigenvalue weighted by Crippen LogP contribution is -2.59. The second kappa shape index (κ2) is 7.86. The van der Waals surface area contributed by atoms with Gasteiger partial charge in [0, 0.05) is 12.8 Å².